The Labute approximate surface area is 119 Å². The Balaban J connectivity index is 2.24. The van der Waals surface area contributed by atoms with Gasteiger partial charge in [-0.25, -0.2) is 9.67 Å². The number of primary amides is 1. The van der Waals surface area contributed by atoms with Crippen molar-refractivity contribution in [3.8, 4) is 0 Å². The second-order valence-electron chi connectivity index (χ2n) is 5.47. The topological polar surface area (TPSA) is 90.9 Å². The van der Waals surface area contributed by atoms with Gasteiger partial charge in [-0.3, -0.25) is 9.59 Å². The van der Waals surface area contributed by atoms with Crippen molar-refractivity contribution in [3.63, 3.8) is 0 Å². The smallest absolute Gasteiger partial charge is 0.286 e. The number of fused-ring (bicyclic) bond motifs is 1. The zero-order valence-corrected chi connectivity index (χ0v) is 12.2. The van der Waals surface area contributed by atoms with E-state index in [0.717, 1.165) is 28.2 Å². The quantitative estimate of drug-likeness (QED) is 0.920. The molecule has 2 aromatic heterocycles. The monoisotopic (exact) mass is 292 g/mol. The Morgan fingerprint density at radius 3 is 2.75 bits per heavy atom. The highest BCUT2D eigenvalue weighted by Crippen LogP contribution is 2.43. The SMILES string of the molecule is CC(C)c1nn(CC(N)=O)c(=O)c2sc(C3CC3)nc12. The minimum absolute atomic E-state index is 0.131. The number of rotatable bonds is 4. The summed E-state index contributed by atoms with van der Waals surface area (Å²) in [5.41, 5.74) is 6.35. The van der Waals surface area contributed by atoms with Crippen LogP contribution in [0.5, 0.6) is 0 Å². The van der Waals surface area contributed by atoms with Gasteiger partial charge in [0.15, 0.2) is 0 Å². The van der Waals surface area contributed by atoms with Crippen LogP contribution in [0.15, 0.2) is 4.79 Å². The molecule has 6 nitrogen and oxygen atoms in total. The summed E-state index contributed by atoms with van der Waals surface area (Å²) in [4.78, 5) is 28.0. The average Bonchev–Trinajstić information content (AvgIpc) is 3.11. The summed E-state index contributed by atoms with van der Waals surface area (Å²) in [6, 6.07) is 0. The van der Waals surface area contributed by atoms with Gasteiger partial charge >= 0.3 is 0 Å². The van der Waals surface area contributed by atoms with Crippen molar-refractivity contribution in [2.75, 3.05) is 0 Å². The molecule has 0 atom stereocenters. The fourth-order valence-corrected chi connectivity index (χ4v) is 3.33. The fourth-order valence-electron chi connectivity index (χ4n) is 2.14. The predicted octanol–water partition coefficient (Wildman–Crippen LogP) is 1.34. The van der Waals surface area contributed by atoms with Crippen LogP contribution in [0.25, 0.3) is 10.2 Å². The van der Waals surface area contributed by atoms with Crippen molar-refractivity contribution in [1.29, 1.82) is 0 Å². The van der Waals surface area contributed by atoms with Crippen molar-refractivity contribution in [2.24, 2.45) is 5.73 Å². The Hall–Kier alpha value is -1.76. The second kappa shape index (κ2) is 4.66. The molecule has 0 bridgehead atoms. The van der Waals surface area contributed by atoms with Crippen molar-refractivity contribution in [3.05, 3.63) is 21.1 Å². The Bertz CT molecular complexity index is 743. The minimum Gasteiger partial charge on any atom is -0.368 e. The van der Waals surface area contributed by atoms with E-state index in [2.05, 4.69) is 10.1 Å². The highest BCUT2D eigenvalue weighted by Gasteiger charge is 2.29. The van der Waals surface area contributed by atoms with Crippen LogP contribution in [0.2, 0.25) is 0 Å². The number of aromatic nitrogens is 3. The maximum Gasteiger partial charge on any atom is 0.286 e. The molecule has 0 aliphatic heterocycles. The number of carbonyl (C=O) groups is 1. The van der Waals surface area contributed by atoms with E-state index >= 15 is 0 Å². The van der Waals surface area contributed by atoms with Gasteiger partial charge < -0.3 is 5.73 Å². The van der Waals surface area contributed by atoms with E-state index in [1.54, 1.807) is 0 Å². The molecule has 0 radical (unpaired) electrons. The van der Waals surface area contributed by atoms with Gasteiger partial charge in [0.2, 0.25) is 5.91 Å². The van der Waals surface area contributed by atoms with Crippen LogP contribution in [0.1, 0.15) is 49.2 Å². The van der Waals surface area contributed by atoms with Gasteiger partial charge in [-0.2, -0.15) is 5.10 Å². The normalized spacial score (nSPS) is 15.2. The number of carbonyl (C=O) groups excluding carboxylic acids is 1. The van der Waals surface area contributed by atoms with E-state index in [-0.39, 0.29) is 18.0 Å². The van der Waals surface area contributed by atoms with Crippen molar-refractivity contribution in [2.45, 2.75) is 45.1 Å². The molecule has 2 heterocycles. The summed E-state index contributed by atoms with van der Waals surface area (Å²) in [7, 11) is 0. The summed E-state index contributed by atoms with van der Waals surface area (Å²) in [5.74, 6) is 0.0587. The van der Waals surface area contributed by atoms with E-state index in [1.165, 1.54) is 11.3 Å². The molecule has 0 saturated heterocycles. The number of thiazole rings is 1. The molecule has 20 heavy (non-hydrogen) atoms. The molecule has 7 heteroatoms. The molecule has 1 aliphatic carbocycles. The lowest BCUT2D eigenvalue weighted by Crippen LogP contribution is -2.30. The first-order valence-electron chi connectivity index (χ1n) is 6.67. The maximum atomic E-state index is 12.4. The summed E-state index contributed by atoms with van der Waals surface area (Å²) in [5, 5.41) is 5.29. The van der Waals surface area contributed by atoms with Gasteiger partial charge in [-0.1, -0.05) is 13.8 Å². The molecule has 1 fully saturated rings. The molecular weight excluding hydrogens is 276 g/mol. The Morgan fingerprint density at radius 1 is 1.50 bits per heavy atom. The maximum absolute atomic E-state index is 12.4. The van der Waals surface area contributed by atoms with Gasteiger partial charge in [0.1, 0.15) is 16.8 Å². The summed E-state index contributed by atoms with van der Waals surface area (Å²) in [6.07, 6.45) is 2.28. The van der Waals surface area contributed by atoms with Crippen molar-refractivity contribution < 1.29 is 4.79 Å². The van der Waals surface area contributed by atoms with E-state index < -0.39 is 5.91 Å². The number of hydrogen-bond donors (Lipinski definition) is 1. The van der Waals surface area contributed by atoms with E-state index in [9.17, 15) is 9.59 Å². The molecule has 2 aromatic rings. The molecule has 0 spiro atoms. The summed E-state index contributed by atoms with van der Waals surface area (Å²) >= 11 is 1.43. The van der Waals surface area contributed by atoms with Gasteiger partial charge in [-0.15, -0.1) is 11.3 Å². The molecule has 1 amide bonds. The number of hydrogen-bond acceptors (Lipinski definition) is 5. The first-order chi connectivity index (χ1) is 9.47. The third-order valence-electron chi connectivity index (χ3n) is 3.32. The number of amides is 1. The molecule has 1 saturated carbocycles. The molecule has 2 N–H and O–H groups in total. The highest BCUT2D eigenvalue weighted by molar-refractivity contribution is 7.18. The third kappa shape index (κ3) is 2.22. The zero-order valence-electron chi connectivity index (χ0n) is 11.4. The minimum atomic E-state index is -0.569. The standard InChI is InChI=1S/C13H16N4O2S/c1-6(2)9-10-11(20-12(15-10)7-3-4-7)13(19)17(16-9)5-8(14)18/h6-7H,3-5H2,1-2H3,(H2,14,18). The van der Waals surface area contributed by atoms with Crippen molar-refractivity contribution in [1.82, 2.24) is 14.8 Å². The summed E-state index contributed by atoms with van der Waals surface area (Å²) in [6.45, 7) is 3.80. The number of nitrogens with zero attached hydrogens (tertiary/aromatic N) is 3. The lowest BCUT2D eigenvalue weighted by Gasteiger charge is -2.08. The van der Waals surface area contributed by atoms with Crippen LogP contribution in [0.4, 0.5) is 0 Å². The molecule has 1 aliphatic rings. The Morgan fingerprint density at radius 2 is 2.20 bits per heavy atom. The van der Waals surface area contributed by atoms with Crippen LogP contribution in [0.3, 0.4) is 0 Å². The molecule has 3 rings (SSSR count). The number of nitrogens with two attached hydrogens (primary N) is 1. The summed E-state index contributed by atoms with van der Waals surface area (Å²) < 4.78 is 1.75. The molecule has 0 unspecified atom stereocenters. The lowest BCUT2D eigenvalue weighted by molar-refractivity contribution is -0.118. The van der Waals surface area contributed by atoms with E-state index in [1.807, 2.05) is 13.8 Å². The lowest BCUT2D eigenvalue weighted by atomic mass is 10.1. The van der Waals surface area contributed by atoms with Gasteiger partial charge in [0.05, 0.1) is 10.7 Å². The predicted molar refractivity (Wildman–Crippen MR) is 76.9 cm³/mol. The Kier molecular flexibility index (Phi) is 3.08. The second-order valence-corrected chi connectivity index (χ2v) is 6.50. The molecular formula is C13H16N4O2S. The highest BCUT2D eigenvalue weighted by atomic mass is 32.1. The van der Waals surface area contributed by atoms with Gasteiger partial charge in [0.25, 0.3) is 5.56 Å². The van der Waals surface area contributed by atoms with E-state index in [0.29, 0.717) is 16.1 Å². The van der Waals surface area contributed by atoms with Crippen LogP contribution < -0.4 is 11.3 Å². The largest absolute Gasteiger partial charge is 0.368 e. The van der Waals surface area contributed by atoms with Crippen molar-refractivity contribution >= 4 is 27.5 Å². The fraction of sp³-hybridized carbons (Fsp3) is 0.538. The average molecular weight is 292 g/mol. The first-order valence-corrected chi connectivity index (χ1v) is 7.48. The van der Waals surface area contributed by atoms with Gasteiger partial charge in [-0.05, 0) is 18.8 Å². The first kappa shape index (κ1) is 13.2. The van der Waals surface area contributed by atoms with Crippen LogP contribution in [-0.2, 0) is 11.3 Å². The zero-order chi connectivity index (χ0) is 14.4. The van der Waals surface area contributed by atoms with Crippen LogP contribution in [0, 0.1) is 0 Å². The molecule has 106 valence electrons. The van der Waals surface area contributed by atoms with Gasteiger partial charge in [0, 0.05) is 5.92 Å². The van der Waals surface area contributed by atoms with Crippen LogP contribution >= 0.6 is 11.3 Å². The van der Waals surface area contributed by atoms with Crippen LogP contribution in [-0.4, -0.2) is 20.7 Å². The van der Waals surface area contributed by atoms with E-state index in [4.69, 9.17) is 5.73 Å². The molecule has 0 aromatic carbocycles. The third-order valence-corrected chi connectivity index (χ3v) is 4.53.